The van der Waals surface area contributed by atoms with Gasteiger partial charge in [-0.2, -0.15) is 0 Å². The van der Waals surface area contributed by atoms with E-state index in [2.05, 4.69) is 13.8 Å². The van der Waals surface area contributed by atoms with Crippen LogP contribution in [0.15, 0.2) is 0 Å². The molecule has 0 heterocycles. The molecule has 0 aliphatic rings. The highest BCUT2D eigenvalue weighted by Crippen LogP contribution is 2.46. The van der Waals surface area contributed by atoms with Crippen molar-refractivity contribution in [2.75, 3.05) is 0 Å². The summed E-state index contributed by atoms with van der Waals surface area (Å²) >= 11 is 0. The summed E-state index contributed by atoms with van der Waals surface area (Å²) in [5.41, 5.74) is -0.398. The van der Waals surface area contributed by atoms with Gasteiger partial charge < -0.3 is 9.79 Å². The molecule has 4 heteroatoms. The molecule has 0 aromatic rings. The van der Waals surface area contributed by atoms with Crippen LogP contribution in [-0.4, -0.2) is 15.4 Å². The van der Waals surface area contributed by atoms with Crippen molar-refractivity contribution in [3.05, 3.63) is 0 Å². The lowest BCUT2D eigenvalue weighted by molar-refractivity contribution is 0.345. The van der Waals surface area contributed by atoms with Gasteiger partial charge in [-0.15, -0.1) is 0 Å². The summed E-state index contributed by atoms with van der Waals surface area (Å²) in [5, 5.41) is 0. The average molecular weight is 447 g/mol. The van der Waals surface area contributed by atoms with Gasteiger partial charge in [-0.25, -0.2) is 0 Å². The van der Waals surface area contributed by atoms with Gasteiger partial charge in [-0.05, 0) is 12.8 Å². The van der Waals surface area contributed by atoms with Gasteiger partial charge >= 0.3 is 7.60 Å². The third-order valence-corrected chi connectivity index (χ3v) is 7.98. The van der Waals surface area contributed by atoms with E-state index in [0.29, 0.717) is 12.8 Å². The second-order valence-corrected chi connectivity index (χ2v) is 11.4. The molecule has 0 radical (unpaired) electrons. The fourth-order valence-corrected chi connectivity index (χ4v) is 5.43. The molecule has 0 bridgehead atoms. The molecule has 182 valence electrons. The van der Waals surface area contributed by atoms with Crippen LogP contribution < -0.4 is 0 Å². The van der Waals surface area contributed by atoms with Crippen molar-refractivity contribution >= 4 is 7.60 Å². The Morgan fingerprint density at radius 3 is 0.933 bits per heavy atom. The highest BCUT2D eigenvalue weighted by molar-refractivity contribution is 7.52. The van der Waals surface area contributed by atoms with Crippen LogP contribution in [0.5, 0.6) is 0 Å². The topological polar surface area (TPSA) is 57.5 Å². The third kappa shape index (κ3) is 21.4. The van der Waals surface area contributed by atoms with E-state index in [1.54, 1.807) is 0 Å². The minimum atomic E-state index is -3.93. The molecule has 0 aromatic carbocycles. The van der Waals surface area contributed by atoms with Gasteiger partial charge in [-0.3, -0.25) is 4.57 Å². The smallest absolute Gasteiger partial charge is 0.324 e. The van der Waals surface area contributed by atoms with Crippen LogP contribution in [0.25, 0.3) is 0 Å². The molecule has 0 saturated heterocycles. The Hall–Kier alpha value is 0.150. The second-order valence-electron chi connectivity index (χ2n) is 9.54. The van der Waals surface area contributed by atoms with E-state index in [1.165, 1.54) is 109 Å². The summed E-state index contributed by atoms with van der Waals surface area (Å²) in [6, 6.07) is 0. The molecule has 0 aromatic heterocycles. The SMILES string of the molecule is CCCCCCCCCCCCCC(CCCCCCCCCCCC)P(=O)(O)O. The Morgan fingerprint density at radius 2 is 0.700 bits per heavy atom. The largest absolute Gasteiger partial charge is 0.328 e. The second kappa shape index (κ2) is 22.3. The summed E-state index contributed by atoms with van der Waals surface area (Å²) in [4.78, 5) is 19.4. The molecule has 0 saturated carbocycles. The maximum Gasteiger partial charge on any atom is 0.328 e. The molecule has 2 N–H and O–H groups in total. The molecule has 30 heavy (non-hydrogen) atoms. The molecule has 1 unspecified atom stereocenters. The Balaban J connectivity index is 3.61. The van der Waals surface area contributed by atoms with E-state index < -0.39 is 13.3 Å². The lowest BCUT2D eigenvalue weighted by atomic mass is 10.0. The number of hydrogen-bond donors (Lipinski definition) is 2. The first-order valence-corrected chi connectivity index (χ1v) is 15.3. The highest BCUT2D eigenvalue weighted by atomic mass is 31.2. The van der Waals surface area contributed by atoms with Crippen LogP contribution in [0.4, 0.5) is 0 Å². The molecule has 3 nitrogen and oxygen atoms in total. The molecule has 0 aliphatic carbocycles. The standard InChI is InChI=1S/C26H55O3P/c1-3-5-7-9-11-13-15-17-19-21-23-25-26(30(27,28)29)24-22-20-18-16-14-12-10-8-6-4-2/h26H,3-25H2,1-2H3,(H2,27,28,29). The van der Waals surface area contributed by atoms with Gasteiger partial charge in [0.2, 0.25) is 0 Å². The first-order valence-electron chi connectivity index (χ1n) is 13.6. The van der Waals surface area contributed by atoms with Gasteiger partial charge in [0, 0.05) is 0 Å². The Kier molecular flexibility index (Phi) is 22.5. The predicted octanol–water partition coefficient (Wildman–Crippen LogP) is 9.54. The highest BCUT2D eigenvalue weighted by Gasteiger charge is 2.27. The molecular weight excluding hydrogens is 391 g/mol. The van der Waals surface area contributed by atoms with Crippen LogP contribution in [0.1, 0.15) is 162 Å². The maximum absolute atomic E-state index is 11.8. The van der Waals surface area contributed by atoms with Crippen LogP contribution in [-0.2, 0) is 4.57 Å². The lowest BCUT2D eigenvalue weighted by Gasteiger charge is -2.18. The van der Waals surface area contributed by atoms with E-state index >= 15 is 0 Å². The summed E-state index contributed by atoms with van der Waals surface area (Å²) in [6.07, 6.45) is 28.2. The normalized spacial score (nSPS) is 13.1. The maximum atomic E-state index is 11.8. The van der Waals surface area contributed by atoms with Gasteiger partial charge in [0.25, 0.3) is 0 Å². The van der Waals surface area contributed by atoms with Crippen LogP contribution in [0, 0.1) is 0 Å². The van der Waals surface area contributed by atoms with Crippen molar-refractivity contribution in [2.24, 2.45) is 0 Å². The third-order valence-electron chi connectivity index (χ3n) is 6.51. The minimum absolute atomic E-state index is 0.398. The van der Waals surface area contributed by atoms with Gasteiger partial charge in [0.1, 0.15) is 0 Å². The summed E-state index contributed by atoms with van der Waals surface area (Å²) in [5.74, 6) is 0. The van der Waals surface area contributed by atoms with Gasteiger partial charge in [-0.1, -0.05) is 149 Å². The van der Waals surface area contributed by atoms with Crippen molar-refractivity contribution in [3.8, 4) is 0 Å². The van der Waals surface area contributed by atoms with E-state index in [0.717, 1.165) is 25.7 Å². The number of rotatable bonds is 24. The molecular formula is C26H55O3P. The molecule has 0 amide bonds. The average Bonchev–Trinajstić information content (AvgIpc) is 2.70. The monoisotopic (exact) mass is 446 g/mol. The van der Waals surface area contributed by atoms with E-state index in [-0.39, 0.29) is 0 Å². The fourth-order valence-electron chi connectivity index (χ4n) is 4.39. The molecule has 0 spiro atoms. The van der Waals surface area contributed by atoms with Crippen molar-refractivity contribution in [3.63, 3.8) is 0 Å². The van der Waals surface area contributed by atoms with Crippen molar-refractivity contribution in [1.29, 1.82) is 0 Å². The minimum Gasteiger partial charge on any atom is -0.324 e. The Morgan fingerprint density at radius 1 is 0.467 bits per heavy atom. The van der Waals surface area contributed by atoms with Crippen molar-refractivity contribution in [2.45, 2.75) is 167 Å². The quantitative estimate of drug-likeness (QED) is 0.115. The Bertz CT molecular complexity index is 380. The zero-order valence-electron chi connectivity index (χ0n) is 20.6. The zero-order valence-corrected chi connectivity index (χ0v) is 21.5. The van der Waals surface area contributed by atoms with Crippen LogP contribution in [0.2, 0.25) is 0 Å². The fraction of sp³-hybridized carbons (Fsp3) is 1.00. The predicted molar refractivity (Wildman–Crippen MR) is 133 cm³/mol. The first kappa shape index (κ1) is 30.1. The lowest BCUT2D eigenvalue weighted by Crippen LogP contribution is -2.08. The van der Waals surface area contributed by atoms with Crippen LogP contribution in [0.3, 0.4) is 0 Å². The van der Waals surface area contributed by atoms with Crippen molar-refractivity contribution in [1.82, 2.24) is 0 Å². The molecule has 0 fully saturated rings. The van der Waals surface area contributed by atoms with Crippen LogP contribution >= 0.6 is 7.60 Å². The molecule has 1 atom stereocenters. The first-order chi connectivity index (χ1) is 14.5. The van der Waals surface area contributed by atoms with Gasteiger partial charge in [0.05, 0.1) is 5.66 Å². The summed E-state index contributed by atoms with van der Waals surface area (Å²) in [6.45, 7) is 4.51. The van der Waals surface area contributed by atoms with E-state index in [1.807, 2.05) is 0 Å². The van der Waals surface area contributed by atoms with E-state index in [4.69, 9.17) is 0 Å². The molecule has 0 rings (SSSR count). The molecule has 0 aliphatic heterocycles. The summed E-state index contributed by atoms with van der Waals surface area (Å²) < 4.78 is 11.8. The van der Waals surface area contributed by atoms with Gasteiger partial charge in [0.15, 0.2) is 0 Å². The van der Waals surface area contributed by atoms with Crippen molar-refractivity contribution < 1.29 is 14.4 Å². The number of unbranched alkanes of at least 4 members (excludes halogenated alkanes) is 19. The summed E-state index contributed by atoms with van der Waals surface area (Å²) in [7, 11) is -3.93. The zero-order chi connectivity index (χ0) is 22.3. The van der Waals surface area contributed by atoms with E-state index in [9.17, 15) is 14.4 Å². The number of hydrogen-bond acceptors (Lipinski definition) is 1. The Labute approximate surface area is 189 Å².